The largest absolute Gasteiger partial charge is 0.433 e. The fraction of sp³-hybridized carbons (Fsp3) is 0.500. The van der Waals surface area contributed by atoms with Crippen molar-refractivity contribution in [2.45, 2.75) is 44.4 Å². The standard InChI is InChI=1S/C26H29ClF2N4O5S/c27-22-8-7-21(39-22)25(36)30-12-19(33(16-3-4-16)13-15-1-2-15)24(35)31-18-6-5-17(11-20(18)38-26(28)29)32-9-10-37-14-23(32)34/h5-8,11,15-16,19,26H,1-4,9-10,12-14H2,(H,30,36)(H,31,35)/t19-/m1/s1. The number of nitrogens with zero attached hydrogens (tertiary/aromatic N) is 2. The molecule has 2 aromatic rings. The predicted octanol–water partition coefficient (Wildman–Crippen LogP) is 3.98. The summed E-state index contributed by atoms with van der Waals surface area (Å²) in [6.07, 6.45) is 4.08. The highest BCUT2D eigenvalue weighted by Crippen LogP contribution is 2.37. The molecular formula is C26H29ClF2N4O5S. The molecule has 210 valence electrons. The average molecular weight is 583 g/mol. The number of ether oxygens (including phenoxy) is 2. The number of thiophene rings is 1. The van der Waals surface area contributed by atoms with Gasteiger partial charge in [0.25, 0.3) is 11.8 Å². The molecule has 2 N–H and O–H groups in total. The van der Waals surface area contributed by atoms with Gasteiger partial charge in [-0.15, -0.1) is 11.3 Å². The topological polar surface area (TPSA) is 100 Å². The Balaban J connectivity index is 1.36. The first-order valence-corrected chi connectivity index (χ1v) is 14.0. The minimum absolute atomic E-state index is 0.0365. The zero-order valence-corrected chi connectivity index (χ0v) is 22.6. The summed E-state index contributed by atoms with van der Waals surface area (Å²) in [6.45, 7) is -1.89. The van der Waals surface area contributed by atoms with E-state index in [1.807, 2.05) is 0 Å². The fourth-order valence-corrected chi connectivity index (χ4v) is 5.55. The molecule has 0 radical (unpaired) electrons. The van der Waals surface area contributed by atoms with E-state index in [2.05, 4.69) is 15.5 Å². The van der Waals surface area contributed by atoms with E-state index in [-0.39, 0.29) is 49.0 Å². The van der Waals surface area contributed by atoms with Crippen LogP contribution in [0.4, 0.5) is 20.2 Å². The van der Waals surface area contributed by atoms with E-state index in [1.165, 1.54) is 17.0 Å². The smallest absolute Gasteiger partial charge is 0.387 e. The van der Waals surface area contributed by atoms with Crippen molar-refractivity contribution >= 4 is 52.0 Å². The Kier molecular flexibility index (Phi) is 8.65. The van der Waals surface area contributed by atoms with E-state index >= 15 is 0 Å². The Morgan fingerprint density at radius 3 is 2.64 bits per heavy atom. The number of hydrogen-bond donors (Lipinski definition) is 2. The van der Waals surface area contributed by atoms with Gasteiger partial charge in [0.2, 0.25) is 5.91 Å². The summed E-state index contributed by atoms with van der Waals surface area (Å²) in [7, 11) is 0. The van der Waals surface area contributed by atoms with Gasteiger partial charge >= 0.3 is 6.61 Å². The summed E-state index contributed by atoms with van der Waals surface area (Å²) in [6, 6.07) is 7.07. The molecule has 3 amide bonds. The van der Waals surface area contributed by atoms with Crippen LogP contribution >= 0.6 is 22.9 Å². The molecule has 2 aliphatic carbocycles. The monoisotopic (exact) mass is 582 g/mol. The fourth-order valence-electron chi connectivity index (χ4n) is 4.59. The molecule has 0 spiro atoms. The van der Waals surface area contributed by atoms with Crippen molar-refractivity contribution in [2.75, 3.05) is 43.1 Å². The number of hydrogen-bond acceptors (Lipinski definition) is 7. The molecule has 3 aliphatic rings. The maximum absolute atomic E-state index is 13.7. The number of carbonyl (C=O) groups is 3. The van der Waals surface area contributed by atoms with Crippen LogP contribution in [0.5, 0.6) is 5.75 Å². The minimum atomic E-state index is -3.14. The summed E-state index contributed by atoms with van der Waals surface area (Å²) in [4.78, 5) is 42.6. The number of nitrogens with one attached hydrogen (secondary N) is 2. The molecule has 5 rings (SSSR count). The molecule has 1 atom stereocenters. The Hall–Kier alpha value is -2.80. The molecule has 2 saturated carbocycles. The lowest BCUT2D eigenvalue weighted by Crippen LogP contribution is -2.52. The van der Waals surface area contributed by atoms with Gasteiger partial charge in [-0.2, -0.15) is 8.78 Å². The van der Waals surface area contributed by atoms with E-state index in [9.17, 15) is 23.2 Å². The molecule has 1 saturated heterocycles. The number of benzene rings is 1. The molecule has 1 aromatic heterocycles. The van der Waals surface area contributed by atoms with Crippen molar-refractivity contribution in [1.29, 1.82) is 0 Å². The second-order valence-electron chi connectivity index (χ2n) is 9.85. The quantitative estimate of drug-likeness (QED) is 0.393. The van der Waals surface area contributed by atoms with Crippen LogP contribution in [-0.2, 0) is 14.3 Å². The molecule has 9 nitrogen and oxygen atoms in total. The zero-order chi connectivity index (χ0) is 27.5. The Bertz CT molecular complexity index is 1220. The van der Waals surface area contributed by atoms with Gasteiger partial charge in [0.15, 0.2) is 5.75 Å². The highest BCUT2D eigenvalue weighted by molar-refractivity contribution is 7.18. The Morgan fingerprint density at radius 2 is 2.00 bits per heavy atom. The van der Waals surface area contributed by atoms with Crippen LogP contribution < -0.4 is 20.3 Å². The van der Waals surface area contributed by atoms with Gasteiger partial charge in [-0.1, -0.05) is 11.6 Å². The number of amides is 3. The van der Waals surface area contributed by atoms with E-state index in [4.69, 9.17) is 21.1 Å². The summed E-state index contributed by atoms with van der Waals surface area (Å²) < 4.78 is 37.0. The molecule has 1 aromatic carbocycles. The van der Waals surface area contributed by atoms with Crippen molar-refractivity contribution in [3.8, 4) is 5.75 Å². The first-order chi connectivity index (χ1) is 18.8. The van der Waals surface area contributed by atoms with Crippen molar-refractivity contribution in [3.63, 3.8) is 0 Å². The molecule has 39 heavy (non-hydrogen) atoms. The lowest BCUT2D eigenvalue weighted by molar-refractivity contribution is -0.125. The zero-order valence-electron chi connectivity index (χ0n) is 21.0. The van der Waals surface area contributed by atoms with Gasteiger partial charge in [-0.05, 0) is 55.9 Å². The van der Waals surface area contributed by atoms with Gasteiger partial charge < -0.3 is 25.0 Å². The van der Waals surface area contributed by atoms with Gasteiger partial charge in [0.1, 0.15) is 12.6 Å². The molecule has 0 unspecified atom stereocenters. The number of carbonyl (C=O) groups excluding carboxylic acids is 3. The lowest BCUT2D eigenvalue weighted by atomic mass is 10.1. The van der Waals surface area contributed by atoms with E-state index in [0.717, 1.165) is 43.6 Å². The SMILES string of the molecule is O=C(NC[C@H](C(=O)Nc1ccc(N2CCOCC2=O)cc1OC(F)F)N(CC1CC1)C1CC1)c1ccc(Cl)s1. The maximum Gasteiger partial charge on any atom is 0.387 e. The van der Waals surface area contributed by atoms with Gasteiger partial charge in [-0.3, -0.25) is 19.3 Å². The van der Waals surface area contributed by atoms with Crippen molar-refractivity contribution in [1.82, 2.24) is 10.2 Å². The van der Waals surface area contributed by atoms with Gasteiger partial charge in [-0.25, -0.2) is 0 Å². The third kappa shape index (κ3) is 7.24. The third-order valence-electron chi connectivity index (χ3n) is 6.87. The molecule has 13 heteroatoms. The maximum atomic E-state index is 13.7. The van der Waals surface area contributed by atoms with Crippen LogP contribution in [0, 0.1) is 5.92 Å². The Morgan fingerprint density at radius 1 is 1.21 bits per heavy atom. The normalized spacial score (nSPS) is 18.4. The average Bonchev–Trinajstić information content (AvgIpc) is 3.83. The molecule has 1 aliphatic heterocycles. The number of halogens is 3. The number of alkyl halides is 2. The molecular weight excluding hydrogens is 554 g/mol. The van der Waals surface area contributed by atoms with E-state index in [0.29, 0.717) is 27.4 Å². The van der Waals surface area contributed by atoms with Crippen LogP contribution in [0.25, 0.3) is 0 Å². The van der Waals surface area contributed by atoms with Crippen molar-refractivity contribution in [2.24, 2.45) is 5.92 Å². The molecule has 2 heterocycles. The third-order valence-corrected chi connectivity index (χ3v) is 8.10. The Labute approximate surface area is 233 Å². The van der Waals surface area contributed by atoms with Gasteiger partial charge in [0, 0.05) is 37.4 Å². The van der Waals surface area contributed by atoms with Crippen molar-refractivity contribution in [3.05, 3.63) is 39.5 Å². The highest BCUT2D eigenvalue weighted by atomic mass is 35.5. The second-order valence-corrected chi connectivity index (χ2v) is 11.6. The number of anilines is 2. The van der Waals surface area contributed by atoms with Crippen LogP contribution in [0.1, 0.15) is 35.4 Å². The van der Waals surface area contributed by atoms with Crippen LogP contribution in [0.15, 0.2) is 30.3 Å². The molecule has 3 fully saturated rings. The van der Waals surface area contributed by atoms with Gasteiger partial charge in [0.05, 0.1) is 21.5 Å². The summed E-state index contributed by atoms with van der Waals surface area (Å²) in [5.74, 6) is -0.847. The molecule has 0 bridgehead atoms. The minimum Gasteiger partial charge on any atom is -0.433 e. The summed E-state index contributed by atoms with van der Waals surface area (Å²) in [5, 5.41) is 5.59. The number of morpholine rings is 1. The first kappa shape index (κ1) is 27.8. The number of rotatable bonds is 12. The van der Waals surface area contributed by atoms with Crippen LogP contribution in [0.3, 0.4) is 0 Å². The van der Waals surface area contributed by atoms with E-state index in [1.54, 1.807) is 18.2 Å². The first-order valence-electron chi connectivity index (χ1n) is 12.9. The van der Waals surface area contributed by atoms with Crippen LogP contribution in [0.2, 0.25) is 4.34 Å². The summed E-state index contributed by atoms with van der Waals surface area (Å²) >= 11 is 7.11. The second kappa shape index (κ2) is 12.2. The lowest BCUT2D eigenvalue weighted by Gasteiger charge is -2.31. The van der Waals surface area contributed by atoms with Crippen LogP contribution in [-0.4, -0.2) is 74.2 Å². The predicted molar refractivity (Wildman–Crippen MR) is 143 cm³/mol. The summed E-state index contributed by atoms with van der Waals surface area (Å²) in [5.41, 5.74) is 0.414. The highest BCUT2D eigenvalue weighted by Gasteiger charge is 2.40. The van der Waals surface area contributed by atoms with Crippen molar-refractivity contribution < 1.29 is 32.6 Å². The van der Waals surface area contributed by atoms with E-state index < -0.39 is 18.6 Å².